The van der Waals surface area contributed by atoms with E-state index in [0.29, 0.717) is 11.5 Å². The lowest BCUT2D eigenvalue weighted by molar-refractivity contribution is -0.134. The van der Waals surface area contributed by atoms with Crippen LogP contribution >= 0.6 is 0 Å². The van der Waals surface area contributed by atoms with E-state index >= 15 is 0 Å². The Labute approximate surface area is 79.2 Å². The third-order valence-electron chi connectivity index (χ3n) is 2.74. The molecule has 0 aromatic rings. The van der Waals surface area contributed by atoms with Crippen molar-refractivity contribution in [1.29, 1.82) is 0 Å². The summed E-state index contributed by atoms with van der Waals surface area (Å²) in [5.74, 6) is -0.315. The molecule has 3 nitrogen and oxygen atoms in total. The minimum Gasteiger partial charge on any atom is -0.466 e. The average Bonchev–Trinajstić information content (AvgIpc) is 2.10. The molecule has 0 amide bonds. The predicted octanol–water partition coefficient (Wildman–Crippen LogP) is 1.45. The Morgan fingerprint density at radius 2 is 2.31 bits per heavy atom. The molecule has 0 bridgehead atoms. The van der Waals surface area contributed by atoms with Crippen molar-refractivity contribution in [3.05, 3.63) is 12.3 Å². The van der Waals surface area contributed by atoms with E-state index in [2.05, 4.69) is 23.9 Å². The van der Waals surface area contributed by atoms with Gasteiger partial charge >= 0.3 is 5.97 Å². The van der Waals surface area contributed by atoms with Crippen molar-refractivity contribution in [2.75, 3.05) is 7.11 Å². The normalized spacial score (nSPS) is 25.3. The highest BCUT2D eigenvalue weighted by molar-refractivity contribution is 5.81. The van der Waals surface area contributed by atoms with Gasteiger partial charge in [-0.15, -0.1) is 0 Å². The maximum atomic E-state index is 10.7. The summed E-state index contributed by atoms with van der Waals surface area (Å²) in [4.78, 5) is 10.7. The van der Waals surface area contributed by atoms with Crippen LogP contribution in [0.25, 0.3) is 0 Å². The molecule has 1 saturated carbocycles. The average molecular weight is 183 g/mol. The molecular formula is C10H17NO2. The lowest BCUT2D eigenvalue weighted by Crippen LogP contribution is -2.48. The number of carbonyl (C=O) groups is 1. The van der Waals surface area contributed by atoms with Crippen LogP contribution in [0.3, 0.4) is 0 Å². The topological polar surface area (TPSA) is 38.3 Å². The second-order valence-corrected chi connectivity index (χ2v) is 4.10. The number of esters is 1. The van der Waals surface area contributed by atoms with Crippen molar-refractivity contribution in [3.8, 4) is 0 Å². The number of rotatable bonds is 3. The number of nitrogens with one attached hydrogen (secondary N) is 1. The smallest absolute Gasteiger partial charge is 0.331 e. The summed E-state index contributed by atoms with van der Waals surface area (Å²) in [7, 11) is 1.37. The van der Waals surface area contributed by atoms with E-state index in [1.54, 1.807) is 6.20 Å². The fourth-order valence-electron chi connectivity index (χ4n) is 1.48. The number of hydrogen-bond acceptors (Lipinski definition) is 3. The molecule has 1 rings (SSSR count). The molecule has 0 radical (unpaired) electrons. The highest BCUT2D eigenvalue weighted by Gasteiger charge is 2.37. The fourth-order valence-corrected chi connectivity index (χ4v) is 1.48. The third-order valence-corrected chi connectivity index (χ3v) is 2.74. The predicted molar refractivity (Wildman–Crippen MR) is 51.1 cm³/mol. The van der Waals surface area contributed by atoms with Gasteiger partial charge in [-0.3, -0.25) is 0 Å². The van der Waals surface area contributed by atoms with Gasteiger partial charge in [0.05, 0.1) is 7.11 Å². The summed E-state index contributed by atoms with van der Waals surface area (Å²) in [5, 5.41) is 3.19. The van der Waals surface area contributed by atoms with E-state index in [4.69, 9.17) is 0 Å². The summed E-state index contributed by atoms with van der Waals surface area (Å²) in [6.07, 6.45) is 5.51. The van der Waals surface area contributed by atoms with Crippen LogP contribution in [0.4, 0.5) is 0 Å². The van der Waals surface area contributed by atoms with Crippen molar-refractivity contribution in [2.45, 2.75) is 32.7 Å². The van der Waals surface area contributed by atoms with Gasteiger partial charge < -0.3 is 10.1 Å². The molecular weight excluding hydrogens is 166 g/mol. The molecule has 0 heterocycles. The standard InChI is InChI=1S/C10H17NO2/c1-10(2)6-4-8(10)11-7-5-9(12)13-3/h5,7-8,11H,4,6H2,1-3H3/b7-5+. The van der Waals surface area contributed by atoms with Gasteiger partial charge in [0, 0.05) is 18.3 Å². The van der Waals surface area contributed by atoms with Gasteiger partial charge in [-0.1, -0.05) is 13.8 Å². The maximum Gasteiger partial charge on any atom is 0.331 e. The summed E-state index contributed by atoms with van der Waals surface area (Å²) in [6.45, 7) is 4.44. The second-order valence-electron chi connectivity index (χ2n) is 4.10. The highest BCUT2D eigenvalue weighted by atomic mass is 16.5. The summed E-state index contributed by atoms with van der Waals surface area (Å²) in [6, 6.07) is 0.494. The SMILES string of the molecule is COC(=O)/C=C/NC1CCC1(C)C. The highest BCUT2D eigenvalue weighted by Crippen LogP contribution is 2.39. The zero-order valence-electron chi connectivity index (χ0n) is 8.46. The molecule has 74 valence electrons. The van der Waals surface area contributed by atoms with E-state index in [1.807, 2.05) is 0 Å². The molecule has 0 aromatic carbocycles. The van der Waals surface area contributed by atoms with Gasteiger partial charge in [-0.25, -0.2) is 4.79 Å². The Balaban J connectivity index is 2.27. The first-order valence-corrected chi connectivity index (χ1v) is 4.57. The van der Waals surface area contributed by atoms with Crippen molar-refractivity contribution in [2.24, 2.45) is 5.41 Å². The summed E-state index contributed by atoms with van der Waals surface area (Å²) in [5.41, 5.74) is 0.362. The Morgan fingerprint density at radius 3 is 2.69 bits per heavy atom. The number of hydrogen-bond donors (Lipinski definition) is 1. The molecule has 0 aliphatic heterocycles. The zero-order valence-corrected chi connectivity index (χ0v) is 8.46. The van der Waals surface area contributed by atoms with Crippen molar-refractivity contribution < 1.29 is 9.53 Å². The molecule has 0 aromatic heterocycles. The van der Waals surface area contributed by atoms with E-state index in [0.717, 1.165) is 0 Å². The monoisotopic (exact) mass is 183 g/mol. The summed E-state index contributed by atoms with van der Waals surface area (Å²) >= 11 is 0. The van der Waals surface area contributed by atoms with Crippen LogP contribution < -0.4 is 5.32 Å². The van der Waals surface area contributed by atoms with Crippen molar-refractivity contribution in [3.63, 3.8) is 0 Å². The molecule has 1 aliphatic carbocycles. The van der Waals surface area contributed by atoms with Crippen LogP contribution in [-0.2, 0) is 9.53 Å². The van der Waals surface area contributed by atoms with Crippen LogP contribution in [0.15, 0.2) is 12.3 Å². The van der Waals surface area contributed by atoms with Gasteiger partial charge in [0.15, 0.2) is 0 Å². The van der Waals surface area contributed by atoms with E-state index in [-0.39, 0.29) is 5.97 Å². The first-order chi connectivity index (χ1) is 6.06. The molecule has 13 heavy (non-hydrogen) atoms. The molecule has 1 atom stereocenters. The molecule has 1 aliphatic rings. The summed E-state index contributed by atoms with van der Waals surface area (Å²) < 4.78 is 4.47. The largest absolute Gasteiger partial charge is 0.466 e. The van der Waals surface area contributed by atoms with Gasteiger partial charge in [-0.2, -0.15) is 0 Å². The van der Waals surface area contributed by atoms with Gasteiger partial charge in [0.1, 0.15) is 0 Å². The maximum absolute atomic E-state index is 10.7. The number of carbonyl (C=O) groups excluding carboxylic acids is 1. The second kappa shape index (κ2) is 3.81. The molecule has 1 fully saturated rings. The Morgan fingerprint density at radius 1 is 1.62 bits per heavy atom. The first kappa shape index (κ1) is 10.1. The molecule has 0 spiro atoms. The minimum absolute atomic E-state index is 0.315. The molecule has 1 unspecified atom stereocenters. The fraction of sp³-hybridized carbons (Fsp3) is 0.700. The molecule has 1 N–H and O–H groups in total. The lowest BCUT2D eigenvalue weighted by atomic mass is 9.67. The Bertz CT molecular complexity index is 221. The van der Waals surface area contributed by atoms with Crippen molar-refractivity contribution in [1.82, 2.24) is 5.32 Å². The Hall–Kier alpha value is -0.990. The molecule has 3 heteroatoms. The quantitative estimate of drug-likeness (QED) is 0.531. The van der Waals surface area contributed by atoms with E-state index < -0.39 is 0 Å². The van der Waals surface area contributed by atoms with Gasteiger partial charge in [-0.05, 0) is 18.3 Å². The van der Waals surface area contributed by atoms with Crippen molar-refractivity contribution >= 4 is 5.97 Å². The number of ether oxygens (including phenoxy) is 1. The minimum atomic E-state index is -0.315. The zero-order chi connectivity index (χ0) is 9.90. The van der Waals surface area contributed by atoms with Gasteiger partial charge in [0.2, 0.25) is 0 Å². The van der Waals surface area contributed by atoms with E-state index in [1.165, 1.54) is 26.0 Å². The van der Waals surface area contributed by atoms with Gasteiger partial charge in [0.25, 0.3) is 0 Å². The first-order valence-electron chi connectivity index (χ1n) is 4.57. The van der Waals surface area contributed by atoms with Crippen LogP contribution in [0.5, 0.6) is 0 Å². The van der Waals surface area contributed by atoms with Crippen LogP contribution in [0, 0.1) is 5.41 Å². The van der Waals surface area contributed by atoms with Crippen LogP contribution in [0.2, 0.25) is 0 Å². The Kier molecular flexibility index (Phi) is 2.96. The molecule has 0 saturated heterocycles. The van der Waals surface area contributed by atoms with Crippen LogP contribution in [0.1, 0.15) is 26.7 Å². The van der Waals surface area contributed by atoms with E-state index in [9.17, 15) is 4.79 Å². The third kappa shape index (κ3) is 2.47. The number of methoxy groups -OCH3 is 1. The van der Waals surface area contributed by atoms with Crippen LogP contribution in [-0.4, -0.2) is 19.1 Å². The lowest BCUT2D eigenvalue weighted by Gasteiger charge is -2.44.